The first-order chi connectivity index (χ1) is 9.49. The molecule has 108 valence electrons. The molecular weight excluding hydrogens is 290 g/mol. The second-order valence-electron chi connectivity index (χ2n) is 4.05. The van der Waals surface area contributed by atoms with Crippen LogP contribution in [0.1, 0.15) is 10.4 Å². The smallest absolute Gasteiger partial charge is 0.334 e. The molecule has 1 aliphatic heterocycles. The molecule has 0 unspecified atom stereocenters. The number of halogens is 1. The zero-order valence-electron chi connectivity index (χ0n) is 10.3. The Morgan fingerprint density at radius 3 is 2.75 bits per heavy atom. The van der Waals surface area contributed by atoms with E-state index in [1.165, 1.54) is 12.1 Å². The lowest BCUT2D eigenvalue weighted by atomic mass is 10.1. The summed E-state index contributed by atoms with van der Waals surface area (Å²) in [5, 5.41) is 20.1. The molecule has 2 rings (SSSR count). The molecule has 0 fully saturated rings. The number of aliphatic carboxylic acids is 1. The fourth-order valence-corrected chi connectivity index (χ4v) is 1.89. The Labute approximate surface area is 119 Å². The van der Waals surface area contributed by atoms with Gasteiger partial charge >= 0.3 is 5.97 Å². The van der Waals surface area contributed by atoms with Crippen LogP contribution < -0.4 is 14.8 Å². The molecule has 0 spiro atoms. The number of aliphatic hydroxyl groups excluding tert-OH is 1. The number of rotatable bonds is 4. The van der Waals surface area contributed by atoms with Gasteiger partial charge in [-0.05, 0) is 12.1 Å². The topological polar surface area (TPSA) is 105 Å². The Morgan fingerprint density at radius 1 is 1.35 bits per heavy atom. The van der Waals surface area contributed by atoms with Crippen LogP contribution in [0.25, 0.3) is 0 Å². The van der Waals surface area contributed by atoms with Gasteiger partial charge in [-0.25, -0.2) is 4.79 Å². The van der Waals surface area contributed by atoms with Gasteiger partial charge in [0.2, 0.25) is 0 Å². The summed E-state index contributed by atoms with van der Waals surface area (Å²) in [6.45, 7) is 0.329. The number of carbonyl (C=O) groups is 2. The summed E-state index contributed by atoms with van der Waals surface area (Å²) >= 11 is 5.98. The minimum atomic E-state index is -1.66. The van der Waals surface area contributed by atoms with Crippen LogP contribution in [0.2, 0.25) is 5.02 Å². The predicted molar refractivity (Wildman–Crippen MR) is 68.4 cm³/mol. The molecule has 1 aliphatic rings. The largest absolute Gasteiger partial charge is 0.486 e. The maximum Gasteiger partial charge on any atom is 0.334 e. The first kappa shape index (κ1) is 14.4. The van der Waals surface area contributed by atoms with Crippen molar-refractivity contribution in [1.29, 1.82) is 0 Å². The number of carbonyl (C=O) groups excluding carboxylic acids is 1. The van der Waals surface area contributed by atoms with Gasteiger partial charge in [0, 0.05) is 5.56 Å². The summed E-state index contributed by atoms with van der Waals surface area (Å²) < 4.78 is 10.6. The third-order valence-electron chi connectivity index (χ3n) is 2.60. The average molecular weight is 302 g/mol. The lowest BCUT2D eigenvalue weighted by molar-refractivity contribution is -0.146. The van der Waals surface area contributed by atoms with Gasteiger partial charge in [-0.15, -0.1) is 0 Å². The number of nitrogens with one attached hydrogen (secondary N) is 1. The Balaban J connectivity index is 2.10. The van der Waals surface area contributed by atoms with Crippen LogP contribution in [-0.4, -0.2) is 48.0 Å². The van der Waals surface area contributed by atoms with Crippen LogP contribution in [0.4, 0.5) is 0 Å². The van der Waals surface area contributed by atoms with Crippen LogP contribution >= 0.6 is 11.6 Å². The number of benzene rings is 1. The van der Waals surface area contributed by atoms with Crippen LogP contribution in [0.5, 0.6) is 11.5 Å². The highest BCUT2D eigenvalue weighted by Gasteiger charge is 2.20. The highest BCUT2D eigenvalue weighted by atomic mass is 35.5. The number of amides is 1. The van der Waals surface area contributed by atoms with Gasteiger partial charge in [0.1, 0.15) is 13.2 Å². The van der Waals surface area contributed by atoms with E-state index < -0.39 is 24.5 Å². The van der Waals surface area contributed by atoms with E-state index in [1.807, 2.05) is 0 Å². The van der Waals surface area contributed by atoms with E-state index in [9.17, 15) is 9.59 Å². The third-order valence-corrected chi connectivity index (χ3v) is 2.88. The van der Waals surface area contributed by atoms with E-state index >= 15 is 0 Å². The highest BCUT2D eigenvalue weighted by molar-refractivity contribution is 6.32. The molecule has 1 aromatic carbocycles. The molecule has 1 aromatic rings. The zero-order chi connectivity index (χ0) is 14.7. The minimum Gasteiger partial charge on any atom is -0.486 e. The Hall–Kier alpha value is -1.99. The molecule has 20 heavy (non-hydrogen) atoms. The number of carboxylic acids is 1. The monoisotopic (exact) mass is 301 g/mol. The molecule has 0 saturated heterocycles. The van der Waals surface area contributed by atoms with Crippen molar-refractivity contribution >= 4 is 23.5 Å². The van der Waals surface area contributed by atoms with Crippen LogP contribution in [0.3, 0.4) is 0 Å². The number of aliphatic hydroxyl groups is 1. The fourth-order valence-electron chi connectivity index (χ4n) is 1.62. The number of fused-ring (bicyclic) bond motifs is 1. The third kappa shape index (κ3) is 3.12. The number of carboxylic acid groups (broad SMARTS) is 1. The van der Waals surface area contributed by atoms with Crippen LogP contribution in [0.15, 0.2) is 12.1 Å². The molecule has 0 saturated carbocycles. The SMILES string of the molecule is O=C(NC[C@H](O)C(=O)O)c1cc(Cl)c2c(c1)OCCO2. The molecule has 1 heterocycles. The van der Waals surface area contributed by atoms with Crippen molar-refractivity contribution in [1.82, 2.24) is 5.32 Å². The quantitative estimate of drug-likeness (QED) is 0.738. The molecule has 7 nitrogen and oxygen atoms in total. The van der Waals surface area contributed by atoms with Gasteiger partial charge in [0.15, 0.2) is 17.6 Å². The molecule has 0 aliphatic carbocycles. The van der Waals surface area contributed by atoms with Gasteiger partial charge in [0.25, 0.3) is 5.91 Å². The number of hydrogen-bond donors (Lipinski definition) is 3. The van der Waals surface area contributed by atoms with E-state index in [-0.39, 0.29) is 10.6 Å². The first-order valence-corrected chi connectivity index (χ1v) is 6.15. The van der Waals surface area contributed by atoms with Crippen molar-refractivity contribution in [2.45, 2.75) is 6.10 Å². The van der Waals surface area contributed by atoms with E-state index in [0.717, 1.165) is 0 Å². The van der Waals surface area contributed by atoms with Gasteiger partial charge in [-0.3, -0.25) is 4.79 Å². The lowest BCUT2D eigenvalue weighted by Gasteiger charge is -2.20. The van der Waals surface area contributed by atoms with Gasteiger partial charge in [-0.2, -0.15) is 0 Å². The molecular formula is C12H12ClNO6. The second-order valence-corrected chi connectivity index (χ2v) is 4.45. The minimum absolute atomic E-state index is 0.192. The molecule has 1 amide bonds. The summed E-state index contributed by atoms with van der Waals surface area (Å²) in [6.07, 6.45) is -1.66. The standard InChI is InChI=1S/C12H12ClNO6/c13-7-3-6(4-9-10(7)20-2-1-19-9)11(16)14-5-8(15)12(17)18/h3-4,8,15H,1-2,5H2,(H,14,16)(H,17,18)/t8-/m0/s1. The number of ether oxygens (including phenoxy) is 2. The van der Waals surface area contributed by atoms with Crippen molar-refractivity contribution < 1.29 is 29.3 Å². The molecule has 0 radical (unpaired) electrons. The Bertz CT molecular complexity index is 547. The van der Waals surface area contributed by atoms with E-state index in [4.69, 9.17) is 31.3 Å². The fraction of sp³-hybridized carbons (Fsp3) is 0.333. The average Bonchev–Trinajstić information content (AvgIpc) is 2.44. The van der Waals surface area contributed by atoms with Gasteiger partial charge < -0.3 is 25.0 Å². The maximum absolute atomic E-state index is 11.8. The Kier molecular flexibility index (Phi) is 4.31. The molecule has 8 heteroatoms. The maximum atomic E-state index is 11.8. The number of hydrogen-bond acceptors (Lipinski definition) is 5. The highest BCUT2D eigenvalue weighted by Crippen LogP contribution is 2.38. The summed E-state index contributed by atoms with van der Waals surface area (Å²) in [5.41, 5.74) is 0.192. The molecule has 0 aromatic heterocycles. The van der Waals surface area contributed by atoms with Crippen molar-refractivity contribution in [2.75, 3.05) is 19.8 Å². The van der Waals surface area contributed by atoms with Crippen LogP contribution in [0, 0.1) is 0 Å². The van der Waals surface area contributed by atoms with Gasteiger partial charge in [-0.1, -0.05) is 11.6 Å². The second kappa shape index (κ2) is 5.98. The van der Waals surface area contributed by atoms with Crippen molar-refractivity contribution in [3.63, 3.8) is 0 Å². The predicted octanol–water partition coefficient (Wildman–Crippen LogP) is 0.286. The molecule has 1 atom stereocenters. The lowest BCUT2D eigenvalue weighted by Crippen LogP contribution is -2.36. The summed E-state index contributed by atoms with van der Waals surface area (Å²) in [5.74, 6) is -1.25. The summed E-state index contributed by atoms with van der Waals surface area (Å²) in [4.78, 5) is 22.3. The zero-order valence-corrected chi connectivity index (χ0v) is 11.0. The summed E-state index contributed by atoms with van der Waals surface area (Å²) in [6, 6.07) is 2.83. The van der Waals surface area contributed by atoms with Gasteiger partial charge in [0.05, 0.1) is 11.6 Å². The van der Waals surface area contributed by atoms with Crippen molar-refractivity contribution in [3.05, 3.63) is 22.7 Å². The first-order valence-electron chi connectivity index (χ1n) is 5.77. The van der Waals surface area contributed by atoms with Crippen molar-refractivity contribution in [2.24, 2.45) is 0 Å². The van der Waals surface area contributed by atoms with Crippen LogP contribution in [-0.2, 0) is 4.79 Å². The Morgan fingerprint density at radius 2 is 2.05 bits per heavy atom. The van der Waals surface area contributed by atoms with Crippen molar-refractivity contribution in [3.8, 4) is 11.5 Å². The molecule has 0 bridgehead atoms. The van der Waals surface area contributed by atoms with E-state index in [2.05, 4.69) is 5.32 Å². The van der Waals surface area contributed by atoms with E-state index in [0.29, 0.717) is 24.7 Å². The summed E-state index contributed by atoms with van der Waals surface area (Å²) in [7, 11) is 0. The molecule has 3 N–H and O–H groups in total. The van der Waals surface area contributed by atoms with E-state index in [1.54, 1.807) is 0 Å². The normalized spacial score (nSPS) is 14.5.